The zero-order valence-corrected chi connectivity index (χ0v) is 17.9. The molecule has 0 fully saturated rings. The van der Waals surface area contributed by atoms with Crippen molar-refractivity contribution in [3.8, 4) is 11.4 Å². The van der Waals surface area contributed by atoms with E-state index < -0.39 is 0 Å². The van der Waals surface area contributed by atoms with Gasteiger partial charge in [-0.1, -0.05) is 30.3 Å². The van der Waals surface area contributed by atoms with Gasteiger partial charge in [0.1, 0.15) is 11.3 Å². The van der Waals surface area contributed by atoms with E-state index in [1.54, 1.807) is 24.1 Å². The predicted molar refractivity (Wildman–Crippen MR) is 127 cm³/mol. The van der Waals surface area contributed by atoms with Crippen molar-refractivity contribution in [3.63, 3.8) is 0 Å². The van der Waals surface area contributed by atoms with Gasteiger partial charge in [0.25, 0.3) is 0 Å². The topological polar surface area (TPSA) is 76.0 Å². The third kappa shape index (κ3) is 3.37. The third-order valence-electron chi connectivity index (χ3n) is 5.66. The molecule has 0 spiro atoms. The Labute approximate surface area is 184 Å². The second kappa shape index (κ2) is 8.19. The van der Waals surface area contributed by atoms with Crippen molar-refractivity contribution in [2.45, 2.75) is 13.5 Å². The van der Waals surface area contributed by atoms with E-state index in [1.807, 2.05) is 48.5 Å². The first kappa shape index (κ1) is 19.8. The number of imidazole rings is 1. The number of ether oxygens (including phenoxy) is 1. The highest BCUT2D eigenvalue weighted by Gasteiger charge is 2.18. The maximum absolute atomic E-state index is 13.1. The standard InChI is InChI=1S/C25H23N5O2/c1-3-29(16-17-7-5-4-6-8-17)21-11-13-27-24-23(21)30(25(31)28-24)18-9-10-20-19(15-18)22(32-2)12-14-26-20/h4-15H,3,16H2,1-2H3,(H,27,28,31). The summed E-state index contributed by atoms with van der Waals surface area (Å²) in [6, 6.07) is 19.8. The maximum Gasteiger partial charge on any atom is 0.332 e. The fourth-order valence-electron chi connectivity index (χ4n) is 4.11. The summed E-state index contributed by atoms with van der Waals surface area (Å²) >= 11 is 0. The molecule has 0 atom stereocenters. The third-order valence-corrected chi connectivity index (χ3v) is 5.66. The molecule has 1 N–H and O–H groups in total. The number of benzene rings is 2. The number of H-pyrrole nitrogens is 1. The maximum atomic E-state index is 13.1. The Bertz CT molecular complexity index is 1460. The fourth-order valence-corrected chi connectivity index (χ4v) is 4.11. The fraction of sp³-hybridized carbons (Fsp3) is 0.160. The number of rotatable bonds is 6. The van der Waals surface area contributed by atoms with Gasteiger partial charge in [-0.25, -0.2) is 9.78 Å². The summed E-state index contributed by atoms with van der Waals surface area (Å²) in [7, 11) is 1.63. The van der Waals surface area contributed by atoms with Crippen LogP contribution < -0.4 is 15.3 Å². The van der Waals surface area contributed by atoms with Crippen LogP contribution >= 0.6 is 0 Å². The van der Waals surface area contributed by atoms with E-state index in [0.29, 0.717) is 11.4 Å². The van der Waals surface area contributed by atoms with Gasteiger partial charge in [-0.3, -0.25) is 14.5 Å². The van der Waals surface area contributed by atoms with Crippen LogP contribution in [0.3, 0.4) is 0 Å². The van der Waals surface area contributed by atoms with Crippen LogP contribution in [-0.2, 0) is 6.54 Å². The number of methoxy groups -OCH3 is 1. The first-order valence-corrected chi connectivity index (χ1v) is 10.5. The van der Waals surface area contributed by atoms with Gasteiger partial charge >= 0.3 is 5.69 Å². The summed E-state index contributed by atoms with van der Waals surface area (Å²) < 4.78 is 7.19. The molecule has 0 aliphatic heterocycles. The molecule has 0 amide bonds. The summed E-state index contributed by atoms with van der Waals surface area (Å²) in [5, 5.41) is 0.843. The average molecular weight is 425 g/mol. The summed E-state index contributed by atoms with van der Waals surface area (Å²) in [5.41, 5.74) is 4.74. The lowest BCUT2D eigenvalue weighted by molar-refractivity contribution is 0.419. The minimum atomic E-state index is -0.238. The largest absolute Gasteiger partial charge is 0.496 e. The number of hydrogen-bond donors (Lipinski definition) is 1. The minimum Gasteiger partial charge on any atom is -0.496 e. The molecule has 0 aliphatic carbocycles. The zero-order chi connectivity index (χ0) is 22.1. The number of fused-ring (bicyclic) bond motifs is 2. The second-order valence-corrected chi connectivity index (χ2v) is 7.51. The van der Waals surface area contributed by atoms with Gasteiger partial charge in [-0.05, 0) is 42.8 Å². The van der Waals surface area contributed by atoms with Crippen molar-refractivity contribution in [2.75, 3.05) is 18.6 Å². The molecule has 160 valence electrons. The van der Waals surface area contributed by atoms with Gasteiger partial charge in [0.05, 0.1) is 24.0 Å². The Morgan fingerprint density at radius 3 is 2.62 bits per heavy atom. The molecule has 0 bridgehead atoms. The van der Waals surface area contributed by atoms with Crippen LogP contribution in [0.1, 0.15) is 12.5 Å². The van der Waals surface area contributed by atoms with Gasteiger partial charge in [0.15, 0.2) is 5.65 Å². The molecule has 7 nitrogen and oxygen atoms in total. The number of hydrogen-bond acceptors (Lipinski definition) is 5. The number of pyridine rings is 2. The predicted octanol–water partition coefficient (Wildman–Crippen LogP) is 4.30. The van der Waals surface area contributed by atoms with E-state index in [0.717, 1.165) is 40.9 Å². The Balaban J connectivity index is 1.70. The number of anilines is 1. The van der Waals surface area contributed by atoms with Crippen LogP contribution in [0.2, 0.25) is 0 Å². The van der Waals surface area contributed by atoms with Crippen molar-refractivity contribution in [1.82, 2.24) is 19.5 Å². The van der Waals surface area contributed by atoms with Crippen LogP contribution in [0.5, 0.6) is 5.75 Å². The van der Waals surface area contributed by atoms with E-state index in [4.69, 9.17) is 4.74 Å². The summed E-state index contributed by atoms with van der Waals surface area (Å²) in [6.45, 7) is 3.62. The lowest BCUT2D eigenvalue weighted by Gasteiger charge is -2.24. The van der Waals surface area contributed by atoms with Crippen molar-refractivity contribution in [1.29, 1.82) is 0 Å². The molecule has 5 aromatic rings. The highest BCUT2D eigenvalue weighted by atomic mass is 16.5. The van der Waals surface area contributed by atoms with Gasteiger partial charge in [0.2, 0.25) is 0 Å². The molecule has 7 heteroatoms. The molecular weight excluding hydrogens is 402 g/mol. The quantitative estimate of drug-likeness (QED) is 0.439. The molecule has 0 saturated heterocycles. The Kier molecular flexibility index (Phi) is 5.07. The number of aromatic amines is 1. The van der Waals surface area contributed by atoms with Crippen LogP contribution in [0.25, 0.3) is 27.8 Å². The minimum absolute atomic E-state index is 0.238. The lowest BCUT2D eigenvalue weighted by atomic mass is 10.1. The van der Waals surface area contributed by atoms with E-state index in [2.05, 4.69) is 38.9 Å². The second-order valence-electron chi connectivity index (χ2n) is 7.51. The van der Waals surface area contributed by atoms with Gasteiger partial charge in [-0.15, -0.1) is 0 Å². The smallest absolute Gasteiger partial charge is 0.332 e. The average Bonchev–Trinajstić information content (AvgIpc) is 3.18. The summed E-state index contributed by atoms with van der Waals surface area (Å²) in [5.74, 6) is 0.711. The number of nitrogens with zero attached hydrogens (tertiary/aromatic N) is 4. The van der Waals surface area contributed by atoms with Gasteiger partial charge in [-0.2, -0.15) is 0 Å². The molecule has 0 saturated carbocycles. The van der Waals surface area contributed by atoms with E-state index in [1.165, 1.54) is 5.56 Å². The van der Waals surface area contributed by atoms with E-state index in [-0.39, 0.29) is 5.69 Å². The molecule has 3 heterocycles. The van der Waals surface area contributed by atoms with Crippen molar-refractivity contribution in [2.24, 2.45) is 0 Å². The molecule has 32 heavy (non-hydrogen) atoms. The van der Waals surface area contributed by atoms with Crippen LogP contribution in [0.4, 0.5) is 5.69 Å². The van der Waals surface area contributed by atoms with Crippen LogP contribution in [0, 0.1) is 0 Å². The SMILES string of the molecule is CCN(Cc1ccccc1)c1ccnc2[nH]c(=O)n(-c3ccc4nccc(OC)c4c3)c12. The summed E-state index contributed by atoms with van der Waals surface area (Å²) in [6.07, 6.45) is 3.45. The van der Waals surface area contributed by atoms with Gasteiger partial charge < -0.3 is 9.64 Å². The molecule has 3 aromatic heterocycles. The molecular formula is C25H23N5O2. The van der Waals surface area contributed by atoms with E-state index >= 15 is 0 Å². The number of aromatic nitrogens is 4. The highest BCUT2D eigenvalue weighted by Crippen LogP contribution is 2.30. The molecule has 0 aliphatic rings. The zero-order valence-electron chi connectivity index (χ0n) is 17.9. The monoisotopic (exact) mass is 425 g/mol. The highest BCUT2D eigenvalue weighted by molar-refractivity contribution is 5.90. The van der Waals surface area contributed by atoms with E-state index in [9.17, 15) is 4.79 Å². The Morgan fingerprint density at radius 2 is 1.84 bits per heavy atom. The molecule has 0 unspecified atom stereocenters. The lowest BCUT2D eigenvalue weighted by Crippen LogP contribution is -2.23. The molecule has 0 radical (unpaired) electrons. The van der Waals surface area contributed by atoms with Crippen LogP contribution in [0.15, 0.2) is 77.9 Å². The first-order chi connectivity index (χ1) is 15.7. The van der Waals surface area contributed by atoms with Gasteiger partial charge in [0, 0.05) is 30.9 Å². The molecule has 5 rings (SSSR count). The molecule has 2 aromatic carbocycles. The summed E-state index contributed by atoms with van der Waals surface area (Å²) in [4.78, 5) is 27.0. The number of nitrogens with one attached hydrogen (secondary N) is 1. The normalized spacial score (nSPS) is 11.2. The first-order valence-electron chi connectivity index (χ1n) is 10.5. The Morgan fingerprint density at radius 1 is 1.03 bits per heavy atom. The Hall–Kier alpha value is -4.13. The van der Waals surface area contributed by atoms with Crippen molar-refractivity contribution < 1.29 is 4.74 Å². The van der Waals surface area contributed by atoms with Crippen LogP contribution in [-0.4, -0.2) is 33.2 Å². The van der Waals surface area contributed by atoms with Crippen molar-refractivity contribution >= 4 is 27.8 Å². The van der Waals surface area contributed by atoms with Crippen molar-refractivity contribution in [3.05, 3.63) is 89.1 Å².